The zero-order valence-electron chi connectivity index (χ0n) is 10.4. The minimum Gasteiger partial charge on any atom is -0.397 e. The predicted octanol–water partition coefficient (Wildman–Crippen LogP) is 2.64. The van der Waals surface area contributed by atoms with E-state index in [1.165, 1.54) is 6.20 Å². The molecular formula is C13H10F3N3O. The Kier molecular flexibility index (Phi) is 3.60. The normalized spacial score (nSPS) is 10.4. The Morgan fingerprint density at radius 1 is 1.20 bits per heavy atom. The monoisotopic (exact) mass is 281 g/mol. The van der Waals surface area contributed by atoms with Crippen molar-refractivity contribution in [3.8, 4) is 0 Å². The molecular weight excluding hydrogens is 271 g/mol. The molecule has 2 rings (SSSR count). The van der Waals surface area contributed by atoms with Crippen LogP contribution in [0.1, 0.15) is 15.9 Å². The van der Waals surface area contributed by atoms with Crippen LogP contribution >= 0.6 is 0 Å². The highest BCUT2D eigenvalue weighted by Gasteiger charge is 2.16. The summed E-state index contributed by atoms with van der Waals surface area (Å²) >= 11 is 0. The summed E-state index contributed by atoms with van der Waals surface area (Å²) in [7, 11) is 0. The number of rotatable bonds is 2. The fourth-order valence-electron chi connectivity index (χ4n) is 1.59. The van der Waals surface area contributed by atoms with Crippen molar-refractivity contribution >= 4 is 17.4 Å². The van der Waals surface area contributed by atoms with Crippen molar-refractivity contribution in [2.45, 2.75) is 6.92 Å². The van der Waals surface area contributed by atoms with Crippen LogP contribution in [0.15, 0.2) is 24.4 Å². The number of carbonyl (C=O) groups excluding carboxylic acids is 1. The summed E-state index contributed by atoms with van der Waals surface area (Å²) in [5, 5.41) is 2.37. The van der Waals surface area contributed by atoms with Gasteiger partial charge in [0, 0.05) is 5.56 Å². The van der Waals surface area contributed by atoms with Crippen LogP contribution in [-0.4, -0.2) is 10.9 Å². The van der Waals surface area contributed by atoms with Gasteiger partial charge >= 0.3 is 0 Å². The third kappa shape index (κ3) is 2.71. The number of pyridine rings is 1. The first kappa shape index (κ1) is 13.9. The van der Waals surface area contributed by atoms with E-state index in [0.717, 1.165) is 0 Å². The zero-order chi connectivity index (χ0) is 14.9. The van der Waals surface area contributed by atoms with Gasteiger partial charge in [-0.2, -0.15) is 0 Å². The number of benzene rings is 1. The summed E-state index contributed by atoms with van der Waals surface area (Å²) in [6.07, 6.45) is 1.33. The third-order valence-corrected chi connectivity index (χ3v) is 2.58. The third-order valence-electron chi connectivity index (χ3n) is 2.58. The second kappa shape index (κ2) is 5.20. The van der Waals surface area contributed by atoms with Gasteiger partial charge < -0.3 is 11.1 Å². The Morgan fingerprint density at radius 2 is 1.80 bits per heavy atom. The number of anilines is 2. The molecule has 1 aromatic heterocycles. The van der Waals surface area contributed by atoms with Crippen molar-refractivity contribution in [1.29, 1.82) is 0 Å². The van der Waals surface area contributed by atoms with Crippen LogP contribution in [0.3, 0.4) is 0 Å². The molecule has 0 aliphatic heterocycles. The average molecular weight is 281 g/mol. The van der Waals surface area contributed by atoms with Gasteiger partial charge in [0.1, 0.15) is 5.82 Å². The fourth-order valence-corrected chi connectivity index (χ4v) is 1.59. The van der Waals surface area contributed by atoms with E-state index in [2.05, 4.69) is 10.3 Å². The van der Waals surface area contributed by atoms with Gasteiger partial charge in [-0.3, -0.25) is 4.79 Å². The van der Waals surface area contributed by atoms with Crippen molar-refractivity contribution in [3.63, 3.8) is 0 Å². The number of amides is 1. The van der Waals surface area contributed by atoms with Crippen molar-refractivity contribution < 1.29 is 18.0 Å². The van der Waals surface area contributed by atoms with Crippen LogP contribution in [0.2, 0.25) is 0 Å². The number of halogens is 3. The van der Waals surface area contributed by atoms with E-state index in [-0.39, 0.29) is 11.4 Å². The Bertz CT molecular complexity index is 666. The molecule has 2 aromatic rings. The second-order valence-electron chi connectivity index (χ2n) is 4.14. The van der Waals surface area contributed by atoms with E-state index < -0.39 is 23.4 Å². The number of hydrogen-bond donors (Lipinski definition) is 2. The van der Waals surface area contributed by atoms with Crippen LogP contribution in [0.5, 0.6) is 0 Å². The Labute approximate surface area is 112 Å². The molecule has 0 saturated heterocycles. The SMILES string of the molecule is Cc1cc(N)cnc1NC(=O)c1cc(F)c(F)c(F)c1. The average Bonchev–Trinajstić information content (AvgIpc) is 2.38. The molecule has 0 saturated carbocycles. The van der Waals surface area contributed by atoms with Gasteiger partial charge in [0.15, 0.2) is 17.5 Å². The lowest BCUT2D eigenvalue weighted by Crippen LogP contribution is -2.15. The summed E-state index contributed by atoms with van der Waals surface area (Å²) in [6.45, 7) is 1.66. The Hall–Kier alpha value is -2.57. The molecule has 1 heterocycles. The van der Waals surface area contributed by atoms with E-state index in [0.29, 0.717) is 23.4 Å². The van der Waals surface area contributed by atoms with E-state index in [1.807, 2.05) is 0 Å². The molecule has 0 bridgehead atoms. The molecule has 0 aliphatic rings. The number of aryl methyl sites for hydroxylation is 1. The number of carbonyl (C=O) groups is 1. The molecule has 3 N–H and O–H groups in total. The predicted molar refractivity (Wildman–Crippen MR) is 67.7 cm³/mol. The lowest BCUT2D eigenvalue weighted by Gasteiger charge is -2.08. The molecule has 0 atom stereocenters. The molecule has 0 spiro atoms. The fraction of sp³-hybridized carbons (Fsp3) is 0.0769. The number of nitrogens with one attached hydrogen (secondary N) is 1. The highest BCUT2D eigenvalue weighted by atomic mass is 19.2. The molecule has 7 heteroatoms. The molecule has 4 nitrogen and oxygen atoms in total. The summed E-state index contributed by atoms with van der Waals surface area (Å²) in [4.78, 5) is 15.7. The molecule has 0 radical (unpaired) electrons. The summed E-state index contributed by atoms with van der Waals surface area (Å²) in [6, 6.07) is 2.80. The minimum absolute atomic E-state index is 0.203. The summed E-state index contributed by atoms with van der Waals surface area (Å²) < 4.78 is 38.9. The standard InChI is InChI=1S/C13H10F3N3O/c1-6-2-8(17)5-18-12(6)19-13(20)7-3-9(14)11(16)10(15)4-7/h2-5H,17H2,1H3,(H,18,19,20). The van der Waals surface area contributed by atoms with E-state index in [4.69, 9.17) is 5.73 Å². The van der Waals surface area contributed by atoms with Crippen LogP contribution in [0.25, 0.3) is 0 Å². The molecule has 1 amide bonds. The first-order valence-corrected chi connectivity index (χ1v) is 5.56. The quantitative estimate of drug-likeness (QED) is 0.831. The first-order valence-electron chi connectivity index (χ1n) is 5.56. The van der Waals surface area contributed by atoms with Gasteiger partial charge in [0.2, 0.25) is 0 Å². The van der Waals surface area contributed by atoms with Gasteiger partial charge in [0.25, 0.3) is 5.91 Å². The van der Waals surface area contributed by atoms with Crippen molar-refractivity contribution in [2.24, 2.45) is 0 Å². The zero-order valence-corrected chi connectivity index (χ0v) is 10.4. The van der Waals surface area contributed by atoms with Crippen molar-refractivity contribution in [2.75, 3.05) is 11.1 Å². The largest absolute Gasteiger partial charge is 0.397 e. The molecule has 20 heavy (non-hydrogen) atoms. The minimum atomic E-state index is -1.62. The Balaban J connectivity index is 2.28. The molecule has 104 valence electrons. The van der Waals surface area contributed by atoms with Gasteiger partial charge in [-0.25, -0.2) is 18.2 Å². The van der Waals surface area contributed by atoms with E-state index in [9.17, 15) is 18.0 Å². The van der Waals surface area contributed by atoms with Gasteiger partial charge in [-0.05, 0) is 30.7 Å². The second-order valence-corrected chi connectivity index (χ2v) is 4.14. The number of nitrogen functional groups attached to an aromatic ring is 1. The summed E-state index contributed by atoms with van der Waals surface area (Å²) in [5.41, 5.74) is 6.16. The van der Waals surface area contributed by atoms with Crippen LogP contribution in [0, 0.1) is 24.4 Å². The van der Waals surface area contributed by atoms with Crippen LogP contribution < -0.4 is 11.1 Å². The van der Waals surface area contributed by atoms with Gasteiger partial charge in [0.05, 0.1) is 11.9 Å². The van der Waals surface area contributed by atoms with Crippen LogP contribution in [0.4, 0.5) is 24.7 Å². The lowest BCUT2D eigenvalue weighted by molar-refractivity contribution is 0.102. The smallest absolute Gasteiger partial charge is 0.257 e. The van der Waals surface area contributed by atoms with Crippen LogP contribution in [-0.2, 0) is 0 Å². The van der Waals surface area contributed by atoms with E-state index in [1.54, 1.807) is 13.0 Å². The highest BCUT2D eigenvalue weighted by Crippen LogP contribution is 2.17. The maximum absolute atomic E-state index is 13.0. The molecule has 0 fully saturated rings. The number of hydrogen-bond acceptors (Lipinski definition) is 3. The van der Waals surface area contributed by atoms with E-state index >= 15 is 0 Å². The number of nitrogens with two attached hydrogens (primary N) is 1. The lowest BCUT2D eigenvalue weighted by atomic mass is 10.2. The maximum Gasteiger partial charge on any atom is 0.257 e. The maximum atomic E-state index is 13.0. The van der Waals surface area contributed by atoms with Crippen molar-refractivity contribution in [1.82, 2.24) is 4.98 Å². The van der Waals surface area contributed by atoms with Gasteiger partial charge in [-0.1, -0.05) is 0 Å². The summed E-state index contributed by atoms with van der Waals surface area (Å²) in [5.74, 6) is -5.09. The number of aromatic nitrogens is 1. The topological polar surface area (TPSA) is 68.0 Å². The molecule has 0 aliphatic carbocycles. The molecule has 0 unspecified atom stereocenters. The molecule has 1 aromatic carbocycles. The van der Waals surface area contributed by atoms with Crippen molar-refractivity contribution in [3.05, 3.63) is 53.0 Å². The number of nitrogens with zero attached hydrogens (tertiary/aromatic N) is 1. The Morgan fingerprint density at radius 3 is 2.35 bits per heavy atom. The first-order chi connectivity index (χ1) is 9.38. The highest BCUT2D eigenvalue weighted by molar-refractivity contribution is 6.04. The van der Waals surface area contributed by atoms with Gasteiger partial charge in [-0.15, -0.1) is 0 Å².